The first-order chi connectivity index (χ1) is 20.6. The third-order valence-corrected chi connectivity index (χ3v) is 13.6. The number of hydrogen-bond acceptors (Lipinski definition) is 8. The van der Waals surface area contributed by atoms with Crippen LogP contribution in [0.25, 0.3) is 0 Å². The first-order valence-electron chi connectivity index (χ1n) is 17.6. The summed E-state index contributed by atoms with van der Waals surface area (Å²) in [5, 5.41) is 29.1. The summed E-state index contributed by atoms with van der Waals surface area (Å²) in [5.41, 5.74) is -3.92. The fraction of sp³-hybridized carbons (Fsp3) is 0.947. The molecule has 2 rings (SSSR count). The second-order valence-electron chi connectivity index (χ2n) is 19.3. The van der Waals surface area contributed by atoms with Crippen molar-refractivity contribution in [3.05, 3.63) is 0 Å². The lowest BCUT2D eigenvalue weighted by molar-refractivity contribution is -0.192. The highest BCUT2D eigenvalue weighted by Gasteiger charge is 2.61. The predicted octanol–water partition coefficient (Wildman–Crippen LogP) is 7.67. The van der Waals surface area contributed by atoms with Crippen LogP contribution in [-0.4, -0.2) is 69.8 Å². The molecule has 0 aromatic rings. The highest BCUT2D eigenvalue weighted by molar-refractivity contribution is 7.99. The second-order valence-corrected chi connectivity index (χ2v) is 20.4. The second kappa shape index (κ2) is 14.6. The maximum atomic E-state index is 14.6. The lowest BCUT2D eigenvalue weighted by Crippen LogP contribution is -2.56. The Morgan fingerprint density at radius 1 is 0.804 bits per heavy atom. The number of aliphatic hydroxyl groups is 3. The van der Waals surface area contributed by atoms with Crippen molar-refractivity contribution in [1.82, 2.24) is 0 Å². The van der Waals surface area contributed by atoms with Gasteiger partial charge in [-0.05, 0) is 98.7 Å². The Hall–Kier alpha value is -0.830. The minimum absolute atomic E-state index is 0.136. The smallest absolute Gasteiger partial charge is 0.312 e. The third-order valence-electron chi connectivity index (χ3n) is 12.3. The van der Waals surface area contributed by atoms with E-state index in [1.165, 1.54) is 24.6 Å². The lowest BCUT2D eigenvalue weighted by atomic mass is 9.47. The zero-order valence-corrected chi connectivity index (χ0v) is 32.7. The summed E-state index contributed by atoms with van der Waals surface area (Å²) in [6, 6.07) is 0. The lowest BCUT2D eigenvalue weighted by Gasteiger charge is -2.57. The number of aliphatic hydroxyl groups excluding tert-OH is 3. The van der Waals surface area contributed by atoms with Gasteiger partial charge in [0.05, 0.1) is 29.6 Å². The molecule has 0 aromatic carbocycles. The molecular weight excluding hydrogens is 600 g/mol. The standard InChI is InChI=1S/C38H70O7S/c1-25-15-26-17-36(12,18-27(26)16-25)45-31(43)38(14,23-32(2,3)4)35(10,11)34(8,9)24-37(13,33(5,6)7)30(42)44-20-29(41)22-46-21-28(40)19-39/h25-29,39-41H,15-24H2,1-14H3. The van der Waals surface area contributed by atoms with Gasteiger partial charge >= 0.3 is 11.9 Å². The maximum absolute atomic E-state index is 14.6. The van der Waals surface area contributed by atoms with Gasteiger partial charge in [0.15, 0.2) is 0 Å². The van der Waals surface area contributed by atoms with Gasteiger partial charge in [-0.3, -0.25) is 9.59 Å². The van der Waals surface area contributed by atoms with Crippen LogP contribution in [0.4, 0.5) is 0 Å². The van der Waals surface area contributed by atoms with Crippen molar-refractivity contribution < 1.29 is 34.4 Å². The average Bonchev–Trinajstić information content (AvgIpc) is 3.36. The normalized spacial score (nSPS) is 28.2. The monoisotopic (exact) mass is 670 g/mol. The molecule has 7 nitrogen and oxygen atoms in total. The number of carbonyl (C=O) groups is 2. The van der Waals surface area contributed by atoms with Crippen LogP contribution in [0.3, 0.4) is 0 Å². The third kappa shape index (κ3) is 9.44. The molecule has 8 heteroatoms. The molecule has 0 aliphatic heterocycles. The number of thioether (sulfide) groups is 1. The molecule has 0 heterocycles. The van der Waals surface area contributed by atoms with Crippen LogP contribution in [0.2, 0.25) is 0 Å². The van der Waals surface area contributed by atoms with Crippen LogP contribution in [0.5, 0.6) is 0 Å². The van der Waals surface area contributed by atoms with E-state index in [4.69, 9.17) is 14.6 Å². The van der Waals surface area contributed by atoms with Gasteiger partial charge in [-0.15, -0.1) is 0 Å². The van der Waals surface area contributed by atoms with E-state index in [0.717, 1.165) is 18.8 Å². The Balaban J connectivity index is 2.34. The number of carbonyl (C=O) groups excluding carboxylic acids is 2. The molecule has 6 unspecified atom stereocenters. The fourth-order valence-electron chi connectivity index (χ4n) is 8.50. The van der Waals surface area contributed by atoms with Gasteiger partial charge in [0, 0.05) is 11.5 Å². The summed E-state index contributed by atoms with van der Waals surface area (Å²) in [6.07, 6.45) is 3.68. The Morgan fingerprint density at radius 3 is 1.76 bits per heavy atom. The predicted molar refractivity (Wildman–Crippen MR) is 188 cm³/mol. The van der Waals surface area contributed by atoms with E-state index in [2.05, 4.69) is 69.2 Å². The Bertz CT molecular complexity index is 1030. The van der Waals surface area contributed by atoms with Crippen LogP contribution >= 0.6 is 11.8 Å². The molecule has 46 heavy (non-hydrogen) atoms. The highest BCUT2D eigenvalue weighted by Crippen LogP contribution is 2.62. The van der Waals surface area contributed by atoms with Gasteiger partial charge in [-0.2, -0.15) is 11.8 Å². The van der Waals surface area contributed by atoms with E-state index in [0.29, 0.717) is 30.4 Å². The molecule has 2 aliphatic carbocycles. The van der Waals surface area contributed by atoms with Crippen molar-refractivity contribution in [3.8, 4) is 0 Å². The van der Waals surface area contributed by atoms with Gasteiger partial charge in [0.2, 0.25) is 0 Å². The first kappa shape index (κ1) is 41.3. The van der Waals surface area contributed by atoms with Crippen molar-refractivity contribution in [3.63, 3.8) is 0 Å². The molecule has 0 aromatic heterocycles. The van der Waals surface area contributed by atoms with Crippen molar-refractivity contribution in [1.29, 1.82) is 0 Å². The maximum Gasteiger partial charge on any atom is 0.312 e. The van der Waals surface area contributed by atoms with Gasteiger partial charge in [-0.1, -0.05) is 76.2 Å². The van der Waals surface area contributed by atoms with Crippen LogP contribution < -0.4 is 0 Å². The Kier molecular flexibility index (Phi) is 13.1. The summed E-state index contributed by atoms with van der Waals surface area (Å²) in [4.78, 5) is 28.6. The fourth-order valence-corrected chi connectivity index (χ4v) is 9.39. The minimum atomic E-state index is -0.925. The summed E-state index contributed by atoms with van der Waals surface area (Å²) in [6.45, 7) is 29.4. The van der Waals surface area contributed by atoms with Crippen LogP contribution in [0, 0.1) is 50.2 Å². The number of fused-ring (bicyclic) bond motifs is 1. The van der Waals surface area contributed by atoms with Crippen molar-refractivity contribution in [2.75, 3.05) is 24.7 Å². The van der Waals surface area contributed by atoms with Gasteiger partial charge < -0.3 is 24.8 Å². The van der Waals surface area contributed by atoms with Crippen LogP contribution in [0.15, 0.2) is 0 Å². The minimum Gasteiger partial charge on any atom is -0.462 e. The molecule has 0 radical (unpaired) electrons. The zero-order valence-electron chi connectivity index (χ0n) is 31.8. The van der Waals surface area contributed by atoms with Crippen molar-refractivity contribution >= 4 is 23.7 Å². The number of ether oxygens (including phenoxy) is 2. The van der Waals surface area contributed by atoms with Gasteiger partial charge in [0.25, 0.3) is 0 Å². The van der Waals surface area contributed by atoms with E-state index in [1.54, 1.807) is 0 Å². The molecule has 3 N–H and O–H groups in total. The quantitative estimate of drug-likeness (QED) is 0.152. The molecule has 270 valence electrons. The van der Waals surface area contributed by atoms with E-state index in [9.17, 15) is 19.8 Å². The molecule has 0 saturated heterocycles. The largest absolute Gasteiger partial charge is 0.462 e. The van der Waals surface area contributed by atoms with E-state index in [1.807, 2.05) is 27.7 Å². The van der Waals surface area contributed by atoms with Gasteiger partial charge in [0.1, 0.15) is 12.2 Å². The topological polar surface area (TPSA) is 113 Å². The van der Waals surface area contributed by atoms with Crippen molar-refractivity contribution in [2.24, 2.45) is 50.2 Å². The van der Waals surface area contributed by atoms with Crippen LogP contribution in [0.1, 0.15) is 135 Å². The Morgan fingerprint density at radius 2 is 1.30 bits per heavy atom. The van der Waals surface area contributed by atoms with E-state index < -0.39 is 44.9 Å². The Labute approximate surface area is 285 Å². The number of hydrogen-bond donors (Lipinski definition) is 3. The summed E-state index contributed by atoms with van der Waals surface area (Å²) >= 11 is 1.30. The molecule has 2 saturated carbocycles. The van der Waals surface area contributed by atoms with E-state index in [-0.39, 0.29) is 36.3 Å². The van der Waals surface area contributed by atoms with Crippen molar-refractivity contribution in [2.45, 2.75) is 153 Å². The van der Waals surface area contributed by atoms with Gasteiger partial charge in [-0.25, -0.2) is 0 Å². The molecule has 0 bridgehead atoms. The SMILES string of the molecule is CC1CC2CC(C)(OC(=O)C(C)(CC(C)(C)C)C(C)(C)C(C)(C)CC(C)(C(=O)OCC(O)CSCC(O)CO)C(C)(C)C)CC2C1. The first-order valence-corrected chi connectivity index (χ1v) is 18.7. The summed E-state index contributed by atoms with van der Waals surface area (Å²) < 4.78 is 12.4. The summed E-state index contributed by atoms with van der Waals surface area (Å²) in [5.74, 6) is 2.08. The van der Waals surface area contributed by atoms with E-state index >= 15 is 0 Å². The number of esters is 2. The molecular formula is C38H70O7S. The molecule has 2 fully saturated rings. The average molecular weight is 671 g/mol. The molecule has 0 spiro atoms. The number of rotatable bonds is 15. The zero-order chi connectivity index (χ0) is 35.7. The van der Waals surface area contributed by atoms with Crippen LogP contribution in [-0.2, 0) is 19.1 Å². The molecule has 0 amide bonds. The molecule has 2 aliphatic rings. The molecule has 6 atom stereocenters. The highest BCUT2D eigenvalue weighted by atomic mass is 32.2. The summed E-state index contributed by atoms with van der Waals surface area (Å²) in [7, 11) is 0.